The minimum atomic E-state index is -1.92. The Balaban J connectivity index is 2.27. The number of para-hydroxylation sites is 1. The Kier molecular flexibility index (Phi) is 4.94. The van der Waals surface area contributed by atoms with E-state index in [4.69, 9.17) is 10.5 Å². The van der Waals surface area contributed by atoms with Gasteiger partial charge in [-0.1, -0.05) is 18.2 Å². The number of thiazole rings is 1. The van der Waals surface area contributed by atoms with E-state index in [9.17, 15) is 24.4 Å². The molecule has 0 saturated carbocycles. The van der Waals surface area contributed by atoms with Gasteiger partial charge in [-0.15, -0.1) is 11.3 Å². The number of hydrogen-bond acceptors (Lipinski definition) is 9. The number of nitrogens with zero attached hydrogens (tertiary/aromatic N) is 2. The van der Waals surface area contributed by atoms with Crippen LogP contribution in [0.25, 0.3) is 17.5 Å². The van der Waals surface area contributed by atoms with Crippen molar-refractivity contribution in [3.63, 3.8) is 0 Å². The van der Waals surface area contributed by atoms with E-state index in [1.54, 1.807) is 31.2 Å². The van der Waals surface area contributed by atoms with E-state index in [0.29, 0.717) is 11.3 Å². The quantitative estimate of drug-likeness (QED) is 0.570. The summed E-state index contributed by atoms with van der Waals surface area (Å²) in [5.41, 5.74) is 3.81. The van der Waals surface area contributed by atoms with Gasteiger partial charge in [-0.2, -0.15) is 5.26 Å². The summed E-state index contributed by atoms with van der Waals surface area (Å²) in [5, 5.41) is 12.7. The maximum atomic E-state index is 13.4. The number of rotatable bonds is 3. The molecule has 0 aliphatic carbocycles. The summed E-state index contributed by atoms with van der Waals surface area (Å²) in [6, 6.07) is 8.49. The molecule has 162 valence electrons. The molecule has 0 radical (unpaired) electrons. The highest BCUT2D eigenvalue weighted by molar-refractivity contribution is 7.07. The Labute approximate surface area is 184 Å². The number of nitriles is 1. The van der Waals surface area contributed by atoms with Crippen molar-refractivity contribution in [3.05, 3.63) is 55.0 Å². The van der Waals surface area contributed by atoms with Gasteiger partial charge in [0.2, 0.25) is 5.91 Å². The number of carbonyl (C=O) groups is 3. The average molecular weight is 452 g/mol. The van der Waals surface area contributed by atoms with Gasteiger partial charge in [0, 0.05) is 17.3 Å². The van der Waals surface area contributed by atoms with E-state index in [0.717, 1.165) is 29.1 Å². The Hall–Kier alpha value is -4.17. The molecule has 2 aliphatic rings. The second kappa shape index (κ2) is 7.51. The van der Waals surface area contributed by atoms with Crippen LogP contribution in [0.1, 0.15) is 12.5 Å². The molecule has 3 heterocycles. The third kappa shape index (κ3) is 2.63. The largest absolute Gasteiger partial charge is 0.466 e. The zero-order valence-corrected chi connectivity index (χ0v) is 17.7. The molecule has 0 fully saturated rings. The van der Waals surface area contributed by atoms with Crippen LogP contribution in [-0.4, -0.2) is 36.1 Å². The van der Waals surface area contributed by atoms with Gasteiger partial charge in [0.1, 0.15) is 26.5 Å². The molecule has 10 nitrogen and oxygen atoms in total. The van der Waals surface area contributed by atoms with E-state index in [1.165, 1.54) is 0 Å². The Morgan fingerprint density at radius 2 is 2.06 bits per heavy atom. The minimum absolute atomic E-state index is 0.00745. The predicted octanol–water partition coefficient (Wildman–Crippen LogP) is -0.868. The molecule has 2 aliphatic heterocycles. The summed E-state index contributed by atoms with van der Waals surface area (Å²) in [6.07, 6.45) is 0.954. The highest BCUT2D eigenvalue weighted by Crippen LogP contribution is 2.50. The highest BCUT2D eigenvalue weighted by Gasteiger charge is 2.59. The van der Waals surface area contributed by atoms with Crippen molar-refractivity contribution in [1.82, 2.24) is 4.57 Å². The fraction of sp³-hybridized carbons (Fsp3) is 0.190. The first kappa shape index (κ1) is 21.1. The first-order valence-corrected chi connectivity index (χ1v) is 10.2. The lowest BCUT2D eigenvalue weighted by molar-refractivity contribution is -0.137. The number of anilines is 1. The highest BCUT2D eigenvalue weighted by atomic mass is 32.1. The molecule has 4 rings (SSSR count). The zero-order chi connectivity index (χ0) is 23.2. The van der Waals surface area contributed by atoms with Gasteiger partial charge in [-0.3, -0.25) is 14.2 Å². The van der Waals surface area contributed by atoms with Gasteiger partial charge >= 0.3 is 11.9 Å². The van der Waals surface area contributed by atoms with Crippen LogP contribution in [0.3, 0.4) is 0 Å². The van der Waals surface area contributed by atoms with E-state index < -0.39 is 28.8 Å². The van der Waals surface area contributed by atoms with Crippen molar-refractivity contribution in [2.45, 2.75) is 12.3 Å². The Bertz CT molecular complexity index is 1460. The predicted molar refractivity (Wildman–Crippen MR) is 114 cm³/mol. The third-order valence-electron chi connectivity index (χ3n) is 5.25. The standard InChI is InChI=1S/C21H16N4O6S/c1-3-31-19(28)15-18-25(17(27)13(32-18)8-14(26)30-2)16(23)11(9-22)21(15)10-6-4-5-7-12(10)24-20(21)29/h4-8H,3,23H2,1-2H3,(H,24,29)/b13-8-/t21-/m0/s1. The number of hydrogen-bond donors (Lipinski definition) is 2. The molecule has 2 aromatic rings. The lowest BCUT2D eigenvalue weighted by Crippen LogP contribution is -2.50. The van der Waals surface area contributed by atoms with Crippen LogP contribution in [-0.2, 0) is 29.3 Å². The second-order valence-corrected chi connectivity index (χ2v) is 7.83. The number of fused-ring (bicyclic) bond motifs is 3. The molecule has 0 bridgehead atoms. The van der Waals surface area contributed by atoms with Gasteiger partial charge < -0.3 is 20.5 Å². The smallest absolute Gasteiger partial charge is 0.338 e. The molecule has 32 heavy (non-hydrogen) atoms. The molecule has 0 saturated heterocycles. The van der Waals surface area contributed by atoms with E-state index in [-0.39, 0.29) is 32.8 Å². The zero-order valence-electron chi connectivity index (χ0n) is 16.9. The summed E-state index contributed by atoms with van der Waals surface area (Å²) in [6.45, 7) is 1.57. The van der Waals surface area contributed by atoms with Gasteiger partial charge in [-0.25, -0.2) is 9.59 Å². The minimum Gasteiger partial charge on any atom is -0.466 e. The lowest BCUT2D eigenvalue weighted by Gasteiger charge is -2.32. The van der Waals surface area contributed by atoms with Crippen molar-refractivity contribution < 1.29 is 23.9 Å². The van der Waals surface area contributed by atoms with Crippen molar-refractivity contribution >= 4 is 52.3 Å². The first-order valence-electron chi connectivity index (χ1n) is 9.37. The van der Waals surface area contributed by atoms with Gasteiger partial charge in [0.05, 0.1) is 24.9 Å². The number of esters is 2. The summed E-state index contributed by atoms with van der Waals surface area (Å²) >= 11 is 0.774. The number of ether oxygens (including phenoxy) is 2. The molecule has 0 unspecified atom stereocenters. The van der Waals surface area contributed by atoms with Gasteiger partial charge in [-0.05, 0) is 13.0 Å². The molecule has 1 aromatic heterocycles. The molecule has 1 aromatic carbocycles. The molecular weight excluding hydrogens is 436 g/mol. The molecule has 11 heteroatoms. The van der Waals surface area contributed by atoms with Crippen LogP contribution in [0.15, 0.2) is 34.6 Å². The van der Waals surface area contributed by atoms with E-state index in [2.05, 4.69) is 10.1 Å². The van der Waals surface area contributed by atoms with Crippen molar-refractivity contribution in [2.75, 3.05) is 19.0 Å². The Morgan fingerprint density at radius 1 is 1.34 bits per heavy atom. The summed E-state index contributed by atoms with van der Waals surface area (Å²) in [5.74, 6) is -2.67. The number of carbonyl (C=O) groups excluding carboxylic acids is 3. The van der Waals surface area contributed by atoms with Crippen molar-refractivity contribution in [2.24, 2.45) is 5.73 Å². The van der Waals surface area contributed by atoms with E-state index >= 15 is 0 Å². The molecule has 1 spiro atoms. The maximum absolute atomic E-state index is 13.4. The monoisotopic (exact) mass is 452 g/mol. The second-order valence-electron chi connectivity index (χ2n) is 6.80. The van der Waals surface area contributed by atoms with Crippen molar-refractivity contribution in [1.29, 1.82) is 5.26 Å². The normalized spacial score (nSPS) is 19.3. The van der Waals surface area contributed by atoms with Crippen LogP contribution < -0.4 is 25.8 Å². The number of benzene rings is 1. The van der Waals surface area contributed by atoms with E-state index in [1.807, 2.05) is 6.07 Å². The van der Waals surface area contributed by atoms with Gasteiger partial charge in [0.15, 0.2) is 0 Å². The fourth-order valence-electron chi connectivity index (χ4n) is 3.96. The van der Waals surface area contributed by atoms with Crippen LogP contribution in [0.5, 0.6) is 0 Å². The fourth-order valence-corrected chi connectivity index (χ4v) is 5.12. The number of nitrogens with one attached hydrogen (secondary N) is 1. The summed E-state index contributed by atoms with van der Waals surface area (Å²) < 4.78 is 10.7. The maximum Gasteiger partial charge on any atom is 0.338 e. The number of amides is 1. The molecule has 1 atom stereocenters. The number of methoxy groups -OCH3 is 1. The van der Waals surface area contributed by atoms with Crippen molar-refractivity contribution in [3.8, 4) is 6.07 Å². The number of nitrogens with two attached hydrogens (primary N) is 1. The van der Waals surface area contributed by atoms with Crippen LogP contribution in [0.2, 0.25) is 0 Å². The summed E-state index contributed by atoms with van der Waals surface area (Å²) in [4.78, 5) is 51.4. The molecule has 3 N–H and O–H groups in total. The molecular formula is C21H16N4O6S. The van der Waals surface area contributed by atoms with Crippen LogP contribution >= 0.6 is 11.3 Å². The molecule has 1 amide bonds. The summed E-state index contributed by atoms with van der Waals surface area (Å²) in [7, 11) is 1.15. The number of aromatic nitrogens is 1. The lowest BCUT2D eigenvalue weighted by atomic mass is 9.68. The Morgan fingerprint density at radius 3 is 2.72 bits per heavy atom. The SMILES string of the molecule is CCOC(=O)C1=c2s/c(=C\C(=O)OC)c(=O)n2C(N)=C(C#N)[C@]12C(=O)Nc1ccccc12. The topological polar surface area (TPSA) is 154 Å². The van der Waals surface area contributed by atoms with Crippen LogP contribution in [0, 0.1) is 11.3 Å². The van der Waals surface area contributed by atoms with Gasteiger partial charge in [0.25, 0.3) is 5.56 Å². The average Bonchev–Trinajstić information content (AvgIpc) is 3.23. The first-order chi connectivity index (χ1) is 15.3. The third-order valence-corrected chi connectivity index (χ3v) is 6.34. The van der Waals surface area contributed by atoms with Crippen LogP contribution in [0.4, 0.5) is 5.69 Å².